The number of nitrogens with zero attached hydrogens (tertiary/aromatic N) is 1. The molecule has 0 aliphatic carbocycles. The quantitative estimate of drug-likeness (QED) is 0.915. The van der Waals surface area contributed by atoms with Crippen molar-refractivity contribution < 1.29 is 4.74 Å². The van der Waals surface area contributed by atoms with Gasteiger partial charge >= 0.3 is 0 Å². The highest BCUT2D eigenvalue weighted by Crippen LogP contribution is 2.23. The molecule has 2 rings (SSSR count). The topological polar surface area (TPSA) is 24.5 Å². The molecule has 2 unspecified atom stereocenters. The van der Waals surface area contributed by atoms with Crippen LogP contribution < -0.4 is 10.2 Å². The second-order valence-electron chi connectivity index (χ2n) is 5.90. The van der Waals surface area contributed by atoms with Crippen molar-refractivity contribution in [1.29, 1.82) is 0 Å². The van der Waals surface area contributed by atoms with E-state index in [4.69, 9.17) is 4.74 Å². The molecule has 1 aromatic rings. The predicted molar refractivity (Wildman–Crippen MR) is 85.5 cm³/mol. The van der Waals surface area contributed by atoms with Crippen molar-refractivity contribution in [2.24, 2.45) is 0 Å². The second kappa shape index (κ2) is 7.65. The van der Waals surface area contributed by atoms with Crippen molar-refractivity contribution in [2.45, 2.75) is 45.2 Å². The first kappa shape index (κ1) is 15.3. The van der Waals surface area contributed by atoms with Gasteiger partial charge in [0.25, 0.3) is 0 Å². The van der Waals surface area contributed by atoms with E-state index in [1.165, 1.54) is 24.1 Å². The molecule has 1 heterocycles. The van der Waals surface area contributed by atoms with Crippen LogP contribution in [-0.2, 0) is 11.2 Å². The Balaban J connectivity index is 2.12. The molecule has 1 saturated heterocycles. The van der Waals surface area contributed by atoms with E-state index in [1.54, 1.807) is 7.11 Å². The molecule has 1 aliphatic heterocycles. The van der Waals surface area contributed by atoms with Gasteiger partial charge in [-0.05, 0) is 44.7 Å². The van der Waals surface area contributed by atoms with Crippen molar-refractivity contribution in [1.82, 2.24) is 5.32 Å². The van der Waals surface area contributed by atoms with E-state index in [9.17, 15) is 0 Å². The summed E-state index contributed by atoms with van der Waals surface area (Å²) in [6.45, 7) is 7.63. The van der Waals surface area contributed by atoms with Gasteiger partial charge in [-0.1, -0.05) is 18.2 Å². The molecule has 1 N–H and O–H groups in total. The van der Waals surface area contributed by atoms with E-state index >= 15 is 0 Å². The molecule has 1 aliphatic rings. The van der Waals surface area contributed by atoms with Crippen molar-refractivity contribution in [3.63, 3.8) is 0 Å². The summed E-state index contributed by atoms with van der Waals surface area (Å²) in [6.07, 6.45) is 3.39. The van der Waals surface area contributed by atoms with Crippen molar-refractivity contribution >= 4 is 5.69 Å². The van der Waals surface area contributed by atoms with Crippen molar-refractivity contribution in [3.8, 4) is 0 Å². The fraction of sp³-hybridized carbons (Fsp3) is 0.647. The largest absolute Gasteiger partial charge is 0.384 e. The van der Waals surface area contributed by atoms with E-state index in [1.807, 2.05) is 0 Å². The van der Waals surface area contributed by atoms with Crippen LogP contribution in [0.1, 0.15) is 32.3 Å². The van der Waals surface area contributed by atoms with Gasteiger partial charge in [-0.15, -0.1) is 0 Å². The summed E-state index contributed by atoms with van der Waals surface area (Å²) < 4.78 is 5.24. The normalized spacial score (nSPS) is 24.2. The van der Waals surface area contributed by atoms with Gasteiger partial charge in [0.05, 0.1) is 6.61 Å². The number of benzene rings is 1. The first-order chi connectivity index (χ1) is 9.70. The van der Waals surface area contributed by atoms with E-state index in [0.29, 0.717) is 12.1 Å². The highest BCUT2D eigenvalue weighted by Gasteiger charge is 2.17. The number of rotatable bonds is 4. The van der Waals surface area contributed by atoms with Crippen LogP contribution in [0.4, 0.5) is 5.69 Å². The van der Waals surface area contributed by atoms with Crippen LogP contribution in [0.15, 0.2) is 24.3 Å². The molecule has 20 heavy (non-hydrogen) atoms. The maximum atomic E-state index is 5.24. The number of methoxy groups -OCH3 is 1. The Morgan fingerprint density at radius 1 is 1.15 bits per heavy atom. The van der Waals surface area contributed by atoms with Crippen molar-refractivity contribution in [3.05, 3.63) is 29.8 Å². The standard InChI is InChI=1S/C17H28N2O/c1-14-8-11-19(12-9-15(2)18-14)17-7-5-4-6-16(17)10-13-20-3/h4-7,14-15,18H,8-13H2,1-3H3. The monoisotopic (exact) mass is 276 g/mol. The van der Waals surface area contributed by atoms with E-state index < -0.39 is 0 Å². The maximum absolute atomic E-state index is 5.24. The first-order valence-corrected chi connectivity index (χ1v) is 7.78. The summed E-state index contributed by atoms with van der Waals surface area (Å²) in [5, 5.41) is 3.66. The summed E-state index contributed by atoms with van der Waals surface area (Å²) in [7, 11) is 1.77. The molecule has 3 nitrogen and oxygen atoms in total. The lowest BCUT2D eigenvalue weighted by Gasteiger charge is -2.33. The smallest absolute Gasteiger partial charge is 0.0503 e. The predicted octanol–water partition coefficient (Wildman–Crippen LogP) is 2.84. The molecule has 0 radical (unpaired) electrons. The Labute approximate surface area is 123 Å². The zero-order valence-corrected chi connectivity index (χ0v) is 13.1. The van der Waals surface area contributed by atoms with Crippen LogP contribution in [0.5, 0.6) is 0 Å². The molecule has 3 heteroatoms. The van der Waals surface area contributed by atoms with Gasteiger partial charge in [0.2, 0.25) is 0 Å². The molecule has 1 fully saturated rings. The van der Waals surface area contributed by atoms with Gasteiger partial charge in [-0.25, -0.2) is 0 Å². The first-order valence-electron chi connectivity index (χ1n) is 7.78. The highest BCUT2D eigenvalue weighted by atomic mass is 16.5. The molecule has 2 atom stereocenters. The molecule has 0 bridgehead atoms. The Morgan fingerprint density at radius 3 is 2.45 bits per heavy atom. The summed E-state index contributed by atoms with van der Waals surface area (Å²) in [5.41, 5.74) is 2.80. The lowest BCUT2D eigenvalue weighted by Crippen LogP contribution is -2.43. The zero-order chi connectivity index (χ0) is 14.4. The molecule has 0 aromatic heterocycles. The Kier molecular flexibility index (Phi) is 5.86. The molecule has 0 saturated carbocycles. The number of ether oxygens (including phenoxy) is 1. The third kappa shape index (κ3) is 4.22. The SMILES string of the molecule is COCCc1ccccc1N1CCC(C)NC(C)CC1. The minimum absolute atomic E-state index is 0.596. The van der Waals surface area contributed by atoms with Gasteiger partial charge < -0.3 is 15.0 Å². The van der Waals surface area contributed by atoms with E-state index in [0.717, 1.165) is 26.1 Å². The maximum Gasteiger partial charge on any atom is 0.0503 e. The van der Waals surface area contributed by atoms with Gasteiger partial charge in [0.1, 0.15) is 0 Å². The van der Waals surface area contributed by atoms with Gasteiger partial charge in [-0.3, -0.25) is 0 Å². The molecule has 0 amide bonds. The van der Waals surface area contributed by atoms with Crippen molar-refractivity contribution in [2.75, 3.05) is 31.7 Å². The van der Waals surface area contributed by atoms with Crippen LogP contribution >= 0.6 is 0 Å². The number of para-hydroxylation sites is 1. The molecular formula is C17H28N2O. The molecule has 1 aromatic carbocycles. The third-order valence-electron chi connectivity index (χ3n) is 4.14. The Hall–Kier alpha value is -1.06. The minimum Gasteiger partial charge on any atom is -0.384 e. The lowest BCUT2D eigenvalue weighted by atomic mass is 10.0. The summed E-state index contributed by atoms with van der Waals surface area (Å²) >= 11 is 0. The minimum atomic E-state index is 0.596. The number of hydrogen-bond donors (Lipinski definition) is 1. The van der Waals surface area contributed by atoms with E-state index in [-0.39, 0.29) is 0 Å². The molecular weight excluding hydrogens is 248 g/mol. The summed E-state index contributed by atoms with van der Waals surface area (Å²) in [6, 6.07) is 9.96. The van der Waals surface area contributed by atoms with E-state index in [2.05, 4.69) is 48.3 Å². The van der Waals surface area contributed by atoms with Crippen LogP contribution in [-0.4, -0.2) is 38.9 Å². The van der Waals surface area contributed by atoms with Crippen LogP contribution in [0.25, 0.3) is 0 Å². The third-order valence-corrected chi connectivity index (χ3v) is 4.14. The Bertz CT molecular complexity index is 396. The van der Waals surface area contributed by atoms with Crippen LogP contribution in [0.2, 0.25) is 0 Å². The fourth-order valence-electron chi connectivity index (χ4n) is 2.95. The fourth-order valence-corrected chi connectivity index (χ4v) is 2.95. The Morgan fingerprint density at radius 2 is 1.80 bits per heavy atom. The average molecular weight is 276 g/mol. The number of anilines is 1. The van der Waals surface area contributed by atoms with Gasteiger partial charge in [0, 0.05) is 38.0 Å². The second-order valence-corrected chi connectivity index (χ2v) is 5.90. The highest BCUT2D eigenvalue weighted by molar-refractivity contribution is 5.53. The summed E-state index contributed by atoms with van der Waals surface area (Å²) in [5.74, 6) is 0. The summed E-state index contributed by atoms with van der Waals surface area (Å²) in [4.78, 5) is 2.55. The number of hydrogen-bond acceptors (Lipinski definition) is 3. The van der Waals surface area contributed by atoms with Crippen LogP contribution in [0.3, 0.4) is 0 Å². The number of nitrogens with one attached hydrogen (secondary N) is 1. The van der Waals surface area contributed by atoms with Crippen LogP contribution in [0, 0.1) is 0 Å². The van der Waals surface area contributed by atoms with Gasteiger partial charge in [-0.2, -0.15) is 0 Å². The zero-order valence-electron chi connectivity index (χ0n) is 13.1. The van der Waals surface area contributed by atoms with Gasteiger partial charge in [0.15, 0.2) is 0 Å². The molecule has 0 spiro atoms. The average Bonchev–Trinajstić information content (AvgIpc) is 2.44. The lowest BCUT2D eigenvalue weighted by molar-refractivity contribution is 0.202. The molecule has 112 valence electrons.